The molecule has 2 rings (SSSR count). The number of carbonyl (C=O) groups excluding carboxylic acids is 2. The molecule has 0 radical (unpaired) electrons. The molecule has 0 atom stereocenters. The molecule has 2 heterocycles. The highest BCUT2D eigenvalue weighted by atomic mass is 16.2. The van der Waals surface area contributed by atoms with E-state index in [1.54, 1.807) is 4.90 Å². The van der Waals surface area contributed by atoms with Gasteiger partial charge in [-0.1, -0.05) is 0 Å². The Morgan fingerprint density at radius 2 is 2.06 bits per heavy atom. The highest BCUT2D eigenvalue weighted by Gasteiger charge is 2.27. The predicted molar refractivity (Wildman–Crippen MR) is 69.0 cm³/mol. The number of rotatable bonds is 4. The van der Waals surface area contributed by atoms with Crippen molar-refractivity contribution in [2.75, 3.05) is 39.8 Å². The molecule has 2 saturated heterocycles. The molecule has 102 valence electrons. The van der Waals surface area contributed by atoms with Crippen molar-refractivity contribution in [1.29, 1.82) is 0 Å². The summed E-state index contributed by atoms with van der Waals surface area (Å²) in [5.74, 6) is 0.939. The zero-order chi connectivity index (χ0) is 13.0. The fraction of sp³-hybridized carbons (Fsp3) is 0.846. The minimum Gasteiger partial charge on any atom is -0.341 e. The van der Waals surface area contributed by atoms with E-state index in [1.165, 1.54) is 0 Å². The zero-order valence-electron chi connectivity index (χ0n) is 11.2. The van der Waals surface area contributed by atoms with Crippen LogP contribution in [0.15, 0.2) is 0 Å². The van der Waals surface area contributed by atoms with Gasteiger partial charge in [-0.25, -0.2) is 0 Å². The van der Waals surface area contributed by atoms with Crippen molar-refractivity contribution >= 4 is 11.8 Å². The first-order chi connectivity index (χ1) is 8.70. The Labute approximate surface area is 108 Å². The number of likely N-dealkylation sites (tertiary alicyclic amines) is 2. The summed E-state index contributed by atoms with van der Waals surface area (Å²) in [4.78, 5) is 27.2. The van der Waals surface area contributed by atoms with Crippen LogP contribution in [0.4, 0.5) is 0 Å². The molecule has 5 nitrogen and oxygen atoms in total. The van der Waals surface area contributed by atoms with Gasteiger partial charge in [0.2, 0.25) is 11.8 Å². The smallest absolute Gasteiger partial charge is 0.242 e. The zero-order valence-corrected chi connectivity index (χ0v) is 11.2. The first-order valence-corrected chi connectivity index (χ1v) is 6.91. The molecule has 2 aliphatic heterocycles. The van der Waals surface area contributed by atoms with Crippen LogP contribution < -0.4 is 5.32 Å². The summed E-state index contributed by atoms with van der Waals surface area (Å²) >= 11 is 0. The summed E-state index contributed by atoms with van der Waals surface area (Å²) in [6, 6.07) is 0. The molecule has 2 amide bonds. The molecule has 1 N–H and O–H groups in total. The maximum atomic E-state index is 12.1. The predicted octanol–water partition coefficient (Wildman–Crippen LogP) is 0.0668. The van der Waals surface area contributed by atoms with Crippen LogP contribution in [0.3, 0.4) is 0 Å². The van der Waals surface area contributed by atoms with Gasteiger partial charge in [0.1, 0.15) is 0 Å². The van der Waals surface area contributed by atoms with Crippen LogP contribution in [0.5, 0.6) is 0 Å². The van der Waals surface area contributed by atoms with E-state index in [-0.39, 0.29) is 18.4 Å². The van der Waals surface area contributed by atoms with Gasteiger partial charge in [-0.3, -0.25) is 9.59 Å². The van der Waals surface area contributed by atoms with E-state index in [1.807, 2.05) is 11.9 Å². The third kappa shape index (κ3) is 3.22. The first-order valence-electron chi connectivity index (χ1n) is 6.91. The number of hydrogen-bond acceptors (Lipinski definition) is 3. The topological polar surface area (TPSA) is 52.7 Å². The van der Waals surface area contributed by atoms with Gasteiger partial charge in [-0.2, -0.15) is 0 Å². The van der Waals surface area contributed by atoms with Gasteiger partial charge in [-0.05, 0) is 38.8 Å². The average molecular weight is 253 g/mol. The second kappa shape index (κ2) is 6.18. The molecule has 0 aromatic carbocycles. The summed E-state index contributed by atoms with van der Waals surface area (Å²) in [7, 11) is 1.97. The number of piperidine rings is 1. The lowest BCUT2D eigenvalue weighted by molar-refractivity contribution is -0.139. The fourth-order valence-electron chi connectivity index (χ4n) is 2.81. The molecule has 0 aromatic heterocycles. The normalized spacial score (nSPS) is 21.7. The van der Waals surface area contributed by atoms with Gasteiger partial charge in [0.05, 0.1) is 6.54 Å². The largest absolute Gasteiger partial charge is 0.341 e. The van der Waals surface area contributed by atoms with Gasteiger partial charge >= 0.3 is 0 Å². The lowest BCUT2D eigenvalue weighted by Gasteiger charge is -2.33. The van der Waals surface area contributed by atoms with Crippen molar-refractivity contribution in [2.24, 2.45) is 5.92 Å². The molecule has 0 bridgehead atoms. The Balaban J connectivity index is 1.75. The average Bonchev–Trinajstić information content (AvgIpc) is 2.76. The van der Waals surface area contributed by atoms with Crippen LogP contribution >= 0.6 is 0 Å². The second-order valence-corrected chi connectivity index (χ2v) is 5.30. The van der Waals surface area contributed by atoms with Crippen LogP contribution in [0, 0.1) is 5.92 Å². The molecule has 2 fully saturated rings. The van der Waals surface area contributed by atoms with E-state index in [4.69, 9.17) is 0 Å². The highest BCUT2D eigenvalue weighted by molar-refractivity contribution is 5.85. The van der Waals surface area contributed by atoms with Crippen LogP contribution in [0.1, 0.15) is 25.7 Å². The molecular formula is C13H23N3O2. The van der Waals surface area contributed by atoms with Gasteiger partial charge < -0.3 is 15.1 Å². The summed E-state index contributed by atoms with van der Waals surface area (Å²) in [6.45, 7) is 3.75. The van der Waals surface area contributed by atoms with Crippen molar-refractivity contribution in [3.8, 4) is 0 Å². The molecule has 18 heavy (non-hydrogen) atoms. The lowest BCUT2D eigenvalue weighted by atomic mass is 9.97. The third-order valence-electron chi connectivity index (χ3n) is 3.96. The minimum atomic E-state index is 0.119. The molecule has 0 aliphatic carbocycles. The lowest BCUT2D eigenvalue weighted by Crippen LogP contribution is -2.45. The summed E-state index contributed by atoms with van der Waals surface area (Å²) < 4.78 is 0. The Morgan fingerprint density at radius 3 is 2.61 bits per heavy atom. The van der Waals surface area contributed by atoms with Crippen molar-refractivity contribution < 1.29 is 9.59 Å². The third-order valence-corrected chi connectivity index (χ3v) is 3.96. The number of nitrogens with zero attached hydrogens (tertiary/aromatic N) is 2. The van der Waals surface area contributed by atoms with E-state index >= 15 is 0 Å². The number of carbonyl (C=O) groups is 2. The Morgan fingerprint density at radius 1 is 1.33 bits per heavy atom. The van der Waals surface area contributed by atoms with Crippen LogP contribution in [0.2, 0.25) is 0 Å². The molecule has 0 saturated carbocycles. The van der Waals surface area contributed by atoms with Crippen LogP contribution in [-0.2, 0) is 9.59 Å². The van der Waals surface area contributed by atoms with Crippen molar-refractivity contribution in [1.82, 2.24) is 15.1 Å². The highest BCUT2D eigenvalue weighted by Crippen LogP contribution is 2.17. The van der Waals surface area contributed by atoms with Gasteiger partial charge in [0.25, 0.3) is 0 Å². The number of hydrogen-bond donors (Lipinski definition) is 1. The van der Waals surface area contributed by atoms with E-state index in [0.29, 0.717) is 12.3 Å². The van der Waals surface area contributed by atoms with Gasteiger partial charge in [-0.15, -0.1) is 0 Å². The van der Waals surface area contributed by atoms with E-state index < -0.39 is 0 Å². The van der Waals surface area contributed by atoms with Crippen molar-refractivity contribution in [3.63, 3.8) is 0 Å². The quantitative estimate of drug-likeness (QED) is 0.771. The molecular weight excluding hydrogens is 230 g/mol. The molecule has 5 heteroatoms. The molecule has 2 aliphatic rings. The standard InChI is InChI=1S/C13H23N3O2/c1-14-9-11-4-7-15(8-5-11)13(18)10-16-6-2-3-12(16)17/h11,14H,2-10H2,1H3. The molecule has 0 spiro atoms. The minimum absolute atomic E-state index is 0.119. The first kappa shape index (κ1) is 13.3. The van der Waals surface area contributed by atoms with E-state index in [2.05, 4.69) is 5.32 Å². The van der Waals surface area contributed by atoms with Crippen molar-refractivity contribution in [3.05, 3.63) is 0 Å². The van der Waals surface area contributed by atoms with Gasteiger partial charge in [0.15, 0.2) is 0 Å². The Kier molecular flexibility index (Phi) is 4.58. The Bertz CT molecular complexity index is 311. The molecule has 0 unspecified atom stereocenters. The fourth-order valence-corrected chi connectivity index (χ4v) is 2.81. The Hall–Kier alpha value is -1.10. The SMILES string of the molecule is CNCC1CCN(C(=O)CN2CCCC2=O)CC1. The number of amides is 2. The summed E-state index contributed by atoms with van der Waals surface area (Å²) in [5, 5.41) is 3.19. The van der Waals surface area contributed by atoms with Crippen LogP contribution in [0.25, 0.3) is 0 Å². The molecule has 0 aromatic rings. The summed E-state index contributed by atoms with van der Waals surface area (Å²) in [6.07, 6.45) is 3.65. The summed E-state index contributed by atoms with van der Waals surface area (Å²) in [5.41, 5.74) is 0. The van der Waals surface area contributed by atoms with Crippen molar-refractivity contribution in [2.45, 2.75) is 25.7 Å². The second-order valence-electron chi connectivity index (χ2n) is 5.30. The monoisotopic (exact) mass is 253 g/mol. The van der Waals surface area contributed by atoms with E-state index in [0.717, 1.165) is 45.4 Å². The number of nitrogens with one attached hydrogen (secondary N) is 1. The maximum Gasteiger partial charge on any atom is 0.242 e. The van der Waals surface area contributed by atoms with Gasteiger partial charge in [0, 0.05) is 26.1 Å². The van der Waals surface area contributed by atoms with E-state index in [9.17, 15) is 9.59 Å². The maximum absolute atomic E-state index is 12.1. The van der Waals surface area contributed by atoms with Crippen LogP contribution in [-0.4, -0.2) is 61.4 Å².